The smallest absolute Gasteiger partial charge is 0.282 e. The number of carbonyl (C=O) groups excluding carboxylic acids is 1. The summed E-state index contributed by atoms with van der Waals surface area (Å²) in [4.78, 5) is 27.2. The average Bonchev–Trinajstić information content (AvgIpc) is 3.09. The normalized spacial score (nSPS) is 10.2. The molecule has 0 saturated carbocycles. The van der Waals surface area contributed by atoms with Crippen molar-refractivity contribution in [3.05, 3.63) is 75.7 Å². The number of carbonyl (C=O) groups is 1. The first-order chi connectivity index (χ1) is 12.5. The molecule has 26 heavy (non-hydrogen) atoms. The predicted molar refractivity (Wildman–Crippen MR) is 91.9 cm³/mol. The zero-order chi connectivity index (χ0) is 18.7. The zero-order valence-corrected chi connectivity index (χ0v) is 13.6. The lowest BCUT2D eigenvalue weighted by atomic mass is 10.1. The molecular weight excluding hydrogens is 336 g/mol. The van der Waals surface area contributed by atoms with Gasteiger partial charge in [0.25, 0.3) is 11.6 Å². The van der Waals surface area contributed by atoms with Gasteiger partial charge in [0, 0.05) is 12.3 Å². The third-order valence-electron chi connectivity index (χ3n) is 3.64. The Balaban J connectivity index is 1.90. The van der Waals surface area contributed by atoms with Crippen LogP contribution in [0.15, 0.2) is 48.9 Å². The second-order valence-corrected chi connectivity index (χ2v) is 5.34. The van der Waals surface area contributed by atoms with Crippen LogP contribution in [0.4, 0.5) is 11.4 Å². The first-order valence-electron chi connectivity index (χ1n) is 7.47. The summed E-state index contributed by atoms with van der Waals surface area (Å²) in [5.74, 6) is -0.298. The number of nitrogens with zero attached hydrogens (tertiary/aromatic N) is 5. The molecular formula is C17H12N6O3. The standard InChI is InChI=1S/C17H12N6O3/c1-11-4-2-6-14(23(25)26)15(11)17(24)21-13-9-20-22(10-13)16-12(8-18)5-3-7-19-16/h2-7,9-10H,1H3,(H,21,24). The zero-order valence-electron chi connectivity index (χ0n) is 13.6. The Bertz CT molecular complexity index is 1050. The van der Waals surface area contributed by atoms with Gasteiger partial charge in [0.05, 0.1) is 28.6 Å². The fraction of sp³-hybridized carbons (Fsp3) is 0.0588. The molecule has 0 aliphatic rings. The second-order valence-electron chi connectivity index (χ2n) is 5.34. The molecule has 0 aliphatic carbocycles. The minimum atomic E-state index is -0.615. The van der Waals surface area contributed by atoms with E-state index in [4.69, 9.17) is 5.26 Å². The average molecular weight is 348 g/mol. The second kappa shape index (κ2) is 6.82. The number of rotatable bonds is 4. The Morgan fingerprint density at radius 2 is 2.15 bits per heavy atom. The molecule has 1 N–H and O–H groups in total. The molecule has 3 rings (SSSR count). The highest BCUT2D eigenvalue weighted by Crippen LogP contribution is 2.23. The number of pyridine rings is 1. The van der Waals surface area contributed by atoms with Crippen molar-refractivity contribution in [1.29, 1.82) is 5.26 Å². The number of amides is 1. The maximum Gasteiger partial charge on any atom is 0.282 e. The molecule has 0 bridgehead atoms. The highest BCUT2D eigenvalue weighted by Gasteiger charge is 2.22. The Labute approximate surface area is 147 Å². The summed E-state index contributed by atoms with van der Waals surface area (Å²) in [6, 6.07) is 9.66. The molecule has 0 unspecified atom stereocenters. The lowest BCUT2D eigenvalue weighted by Crippen LogP contribution is -2.15. The molecule has 9 nitrogen and oxygen atoms in total. The van der Waals surface area contributed by atoms with Crippen molar-refractivity contribution in [1.82, 2.24) is 14.8 Å². The highest BCUT2D eigenvalue weighted by atomic mass is 16.6. The van der Waals surface area contributed by atoms with Crippen LogP contribution < -0.4 is 5.32 Å². The number of benzene rings is 1. The molecule has 128 valence electrons. The van der Waals surface area contributed by atoms with Crippen molar-refractivity contribution in [3.8, 4) is 11.9 Å². The summed E-state index contributed by atoms with van der Waals surface area (Å²) < 4.78 is 1.35. The van der Waals surface area contributed by atoms with Gasteiger partial charge in [-0.05, 0) is 24.6 Å². The minimum absolute atomic E-state index is 0.0131. The topological polar surface area (TPSA) is 127 Å². The van der Waals surface area contributed by atoms with Gasteiger partial charge in [0.15, 0.2) is 5.82 Å². The number of nitro groups is 1. The van der Waals surface area contributed by atoms with E-state index >= 15 is 0 Å². The van der Waals surface area contributed by atoms with Crippen molar-refractivity contribution in [3.63, 3.8) is 0 Å². The summed E-state index contributed by atoms with van der Waals surface area (Å²) in [5, 5.41) is 27.0. The lowest BCUT2D eigenvalue weighted by molar-refractivity contribution is -0.385. The Hall–Kier alpha value is -4.06. The van der Waals surface area contributed by atoms with E-state index in [1.807, 2.05) is 6.07 Å². The van der Waals surface area contributed by atoms with Crippen molar-refractivity contribution in [2.75, 3.05) is 5.32 Å². The van der Waals surface area contributed by atoms with Crippen LogP contribution in [0, 0.1) is 28.4 Å². The van der Waals surface area contributed by atoms with Crippen LogP contribution in [-0.2, 0) is 0 Å². The predicted octanol–water partition coefficient (Wildman–Crippen LogP) is 2.61. The van der Waals surface area contributed by atoms with E-state index in [1.54, 1.807) is 25.1 Å². The number of aromatic nitrogens is 3. The summed E-state index contributed by atoms with van der Waals surface area (Å²) in [6.07, 6.45) is 4.37. The van der Waals surface area contributed by atoms with E-state index in [1.165, 1.54) is 35.4 Å². The van der Waals surface area contributed by atoms with Crippen LogP contribution in [-0.4, -0.2) is 25.6 Å². The number of nitro benzene ring substituents is 1. The molecule has 0 saturated heterocycles. The molecule has 0 aliphatic heterocycles. The van der Waals surface area contributed by atoms with E-state index in [0.29, 0.717) is 22.6 Å². The Morgan fingerprint density at radius 1 is 1.35 bits per heavy atom. The van der Waals surface area contributed by atoms with Crippen LogP contribution >= 0.6 is 0 Å². The van der Waals surface area contributed by atoms with Gasteiger partial charge < -0.3 is 5.32 Å². The first kappa shape index (κ1) is 16.8. The molecule has 1 aromatic carbocycles. The number of aryl methyl sites for hydroxylation is 1. The van der Waals surface area contributed by atoms with E-state index in [0.717, 1.165) is 0 Å². The summed E-state index contributed by atoms with van der Waals surface area (Å²) >= 11 is 0. The van der Waals surface area contributed by atoms with E-state index in [9.17, 15) is 14.9 Å². The van der Waals surface area contributed by atoms with Crippen molar-refractivity contribution in [2.24, 2.45) is 0 Å². The van der Waals surface area contributed by atoms with Crippen LogP contribution in [0.5, 0.6) is 0 Å². The molecule has 0 radical (unpaired) electrons. The van der Waals surface area contributed by atoms with Crippen LogP contribution in [0.1, 0.15) is 21.5 Å². The molecule has 0 atom stereocenters. The molecule has 0 fully saturated rings. The van der Waals surface area contributed by atoms with Crippen molar-refractivity contribution >= 4 is 17.3 Å². The van der Waals surface area contributed by atoms with Gasteiger partial charge >= 0.3 is 0 Å². The fourth-order valence-electron chi connectivity index (χ4n) is 2.46. The number of hydrogen-bond donors (Lipinski definition) is 1. The SMILES string of the molecule is Cc1cccc([N+](=O)[O-])c1C(=O)Nc1cnn(-c2ncccc2C#N)c1. The van der Waals surface area contributed by atoms with Crippen LogP contribution in [0.3, 0.4) is 0 Å². The molecule has 2 heterocycles. The van der Waals surface area contributed by atoms with Crippen molar-refractivity contribution in [2.45, 2.75) is 6.92 Å². The van der Waals surface area contributed by atoms with Gasteiger partial charge in [0.2, 0.25) is 0 Å². The Kier molecular flexibility index (Phi) is 4.40. The maximum absolute atomic E-state index is 12.5. The van der Waals surface area contributed by atoms with Crippen LogP contribution in [0.2, 0.25) is 0 Å². The van der Waals surface area contributed by atoms with E-state index < -0.39 is 10.8 Å². The molecule has 0 spiro atoms. The number of anilines is 1. The van der Waals surface area contributed by atoms with Gasteiger partial charge in [-0.15, -0.1) is 0 Å². The van der Waals surface area contributed by atoms with Gasteiger partial charge in [-0.1, -0.05) is 12.1 Å². The van der Waals surface area contributed by atoms with Crippen molar-refractivity contribution < 1.29 is 9.72 Å². The summed E-state index contributed by atoms with van der Waals surface area (Å²) in [5.41, 5.74) is 0.845. The monoisotopic (exact) mass is 348 g/mol. The van der Waals surface area contributed by atoms with Gasteiger partial charge in [-0.25, -0.2) is 9.67 Å². The van der Waals surface area contributed by atoms with E-state index in [2.05, 4.69) is 15.4 Å². The van der Waals surface area contributed by atoms with Gasteiger partial charge in [0.1, 0.15) is 11.6 Å². The fourth-order valence-corrected chi connectivity index (χ4v) is 2.46. The molecule has 9 heteroatoms. The van der Waals surface area contributed by atoms with Crippen LogP contribution in [0.25, 0.3) is 5.82 Å². The Morgan fingerprint density at radius 3 is 2.88 bits per heavy atom. The van der Waals surface area contributed by atoms with Gasteiger partial charge in [-0.2, -0.15) is 10.4 Å². The third-order valence-corrected chi connectivity index (χ3v) is 3.64. The number of hydrogen-bond acceptors (Lipinski definition) is 6. The molecule has 3 aromatic rings. The summed E-state index contributed by atoms with van der Waals surface area (Å²) in [6.45, 7) is 1.62. The van der Waals surface area contributed by atoms with Gasteiger partial charge in [-0.3, -0.25) is 14.9 Å². The number of nitrogens with one attached hydrogen (secondary N) is 1. The van der Waals surface area contributed by atoms with E-state index in [-0.39, 0.29) is 11.3 Å². The maximum atomic E-state index is 12.5. The first-order valence-corrected chi connectivity index (χ1v) is 7.47. The lowest BCUT2D eigenvalue weighted by Gasteiger charge is -2.06. The molecule has 2 aromatic heterocycles. The third kappa shape index (κ3) is 3.11. The highest BCUT2D eigenvalue weighted by molar-refractivity contribution is 6.08. The summed E-state index contributed by atoms with van der Waals surface area (Å²) in [7, 11) is 0. The number of nitriles is 1. The quantitative estimate of drug-likeness (QED) is 0.570. The largest absolute Gasteiger partial charge is 0.319 e. The minimum Gasteiger partial charge on any atom is -0.319 e. The molecule has 1 amide bonds.